The number of rotatable bonds is 1. The fraction of sp³-hybridized carbons (Fsp3) is 0.182. The summed E-state index contributed by atoms with van der Waals surface area (Å²) >= 11 is 5.89. The van der Waals surface area contributed by atoms with Crippen LogP contribution >= 0.6 is 11.6 Å². The number of hydrogen-bond acceptors (Lipinski definition) is 2. The van der Waals surface area contributed by atoms with E-state index in [-0.39, 0.29) is 5.82 Å². The molecule has 0 aliphatic carbocycles. The Bertz CT molecular complexity index is 529. The van der Waals surface area contributed by atoms with Crippen molar-refractivity contribution in [1.29, 1.82) is 0 Å². The first-order valence-electron chi connectivity index (χ1n) is 4.74. The summed E-state index contributed by atoms with van der Waals surface area (Å²) in [4.78, 5) is 0. The number of benzene rings is 1. The van der Waals surface area contributed by atoms with Gasteiger partial charge in [-0.3, -0.25) is 4.68 Å². The van der Waals surface area contributed by atoms with E-state index in [1.165, 1.54) is 4.68 Å². The van der Waals surface area contributed by atoms with Crippen LogP contribution in [0.25, 0.3) is 11.3 Å². The third-order valence-electron chi connectivity index (χ3n) is 2.41. The molecule has 84 valence electrons. The molecule has 0 aliphatic rings. The fourth-order valence-electron chi connectivity index (χ4n) is 1.53. The highest BCUT2D eigenvalue weighted by Crippen LogP contribution is 2.28. The molecule has 1 aromatic heterocycles. The quantitative estimate of drug-likeness (QED) is 0.832. The molecular weight excluding hydrogens is 229 g/mol. The minimum absolute atomic E-state index is 0.317. The van der Waals surface area contributed by atoms with Crippen molar-refractivity contribution in [1.82, 2.24) is 9.78 Å². The molecule has 0 spiro atoms. The lowest BCUT2D eigenvalue weighted by Crippen LogP contribution is -1.97. The highest BCUT2D eigenvalue weighted by atomic mass is 35.5. The number of hydrogen-bond donors (Lipinski definition) is 1. The van der Waals surface area contributed by atoms with Gasteiger partial charge in [-0.25, -0.2) is 4.39 Å². The van der Waals surface area contributed by atoms with Crippen LogP contribution in [0.15, 0.2) is 18.2 Å². The van der Waals surface area contributed by atoms with Crippen LogP contribution in [0.5, 0.6) is 0 Å². The Balaban J connectivity index is 2.63. The SMILES string of the molecule is Cc1cc(Cl)cc(-c2cc(N)n(C)n2)c1F. The molecule has 0 saturated carbocycles. The first-order valence-corrected chi connectivity index (χ1v) is 5.12. The number of nitrogens with two attached hydrogens (primary N) is 1. The first-order chi connectivity index (χ1) is 7.49. The molecule has 0 saturated heterocycles. The van der Waals surface area contributed by atoms with E-state index in [0.29, 0.717) is 27.7 Å². The van der Waals surface area contributed by atoms with Crippen LogP contribution in [-0.2, 0) is 7.05 Å². The summed E-state index contributed by atoms with van der Waals surface area (Å²) in [5, 5.41) is 4.60. The lowest BCUT2D eigenvalue weighted by molar-refractivity contribution is 0.621. The Hall–Kier alpha value is -1.55. The van der Waals surface area contributed by atoms with E-state index >= 15 is 0 Å². The Morgan fingerprint density at radius 1 is 1.38 bits per heavy atom. The van der Waals surface area contributed by atoms with Crippen LogP contribution in [-0.4, -0.2) is 9.78 Å². The van der Waals surface area contributed by atoms with Gasteiger partial charge in [-0.2, -0.15) is 5.10 Å². The zero-order valence-electron chi connectivity index (χ0n) is 8.96. The van der Waals surface area contributed by atoms with Crippen molar-refractivity contribution in [3.8, 4) is 11.3 Å². The molecule has 0 fully saturated rings. The van der Waals surface area contributed by atoms with Crippen molar-refractivity contribution in [3.05, 3.63) is 34.6 Å². The van der Waals surface area contributed by atoms with Crippen molar-refractivity contribution in [2.24, 2.45) is 7.05 Å². The first kappa shape index (κ1) is 11.0. The predicted octanol–water partition coefficient (Wildman–Crippen LogP) is 2.77. The van der Waals surface area contributed by atoms with Gasteiger partial charge in [0.05, 0.1) is 5.69 Å². The van der Waals surface area contributed by atoms with E-state index in [0.717, 1.165) is 0 Å². The maximum absolute atomic E-state index is 13.9. The van der Waals surface area contributed by atoms with E-state index in [2.05, 4.69) is 5.10 Å². The molecule has 0 atom stereocenters. The average Bonchev–Trinajstić information content (AvgIpc) is 2.53. The second-order valence-electron chi connectivity index (χ2n) is 3.66. The Morgan fingerprint density at radius 2 is 2.06 bits per heavy atom. The van der Waals surface area contributed by atoms with Gasteiger partial charge in [-0.15, -0.1) is 0 Å². The van der Waals surface area contributed by atoms with E-state index in [4.69, 9.17) is 17.3 Å². The number of nitrogens with zero attached hydrogens (tertiary/aromatic N) is 2. The van der Waals surface area contributed by atoms with Gasteiger partial charge < -0.3 is 5.73 Å². The number of halogens is 2. The van der Waals surface area contributed by atoms with Gasteiger partial charge in [-0.1, -0.05) is 11.6 Å². The van der Waals surface area contributed by atoms with Crippen LogP contribution in [0.1, 0.15) is 5.56 Å². The average molecular weight is 240 g/mol. The molecule has 0 radical (unpaired) electrons. The second kappa shape index (κ2) is 3.79. The lowest BCUT2D eigenvalue weighted by atomic mass is 10.1. The molecular formula is C11H11ClFN3. The molecule has 3 nitrogen and oxygen atoms in total. The van der Waals surface area contributed by atoms with Crippen LogP contribution in [0.2, 0.25) is 5.02 Å². The molecule has 0 bridgehead atoms. The maximum Gasteiger partial charge on any atom is 0.135 e. The summed E-state index contributed by atoms with van der Waals surface area (Å²) in [5.74, 6) is 0.162. The Kier molecular flexibility index (Phi) is 2.59. The summed E-state index contributed by atoms with van der Waals surface area (Å²) < 4.78 is 15.4. The van der Waals surface area contributed by atoms with Gasteiger partial charge in [0, 0.05) is 23.7 Å². The van der Waals surface area contributed by atoms with Crippen molar-refractivity contribution in [2.75, 3.05) is 5.73 Å². The van der Waals surface area contributed by atoms with Crippen LogP contribution in [0.3, 0.4) is 0 Å². The number of nitrogen functional groups attached to an aromatic ring is 1. The van der Waals surface area contributed by atoms with E-state index in [1.54, 1.807) is 32.2 Å². The molecule has 2 N–H and O–H groups in total. The maximum atomic E-state index is 13.9. The van der Waals surface area contributed by atoms with Gasteiger partial charge in [0.25, 0.3) is 0 Å². The third kappa shape index (κ3) is 1.76. The standard InChI is InChI=1S/C11H11ClFN3/c1-6-3-7(12)4-8(11(6)13)9-5-10(14)16(2)15-9/h3-5H,14H2,1-2H3. The highest BCUT2D eigenvalue weighted by molar-refractivity contribution is 6.30. The zero-order valence-corrected chi connectivity index (χ0v) is 9.72. The Morgan fingerprint density at radius 3 is 2.62 bits per heavy atom. The monoisotopic (exact) mass is 239 g/mol. The van der Waals surface area contributed by atoms with Crippen LogP contribution in [0, 0.1) is 12.7 Å². The van der Waals surface area contributed by atoms with Crippen molar-refractivity contribution in [3.63, 3.8) is 0 Å². The summed E-state index contributed by atoms with van der Waals surface area (Å²) in [6.45, 7) is 1.66. The molecule has 16 heavy (non-hydrogen) atoms. The van der Waals surface area contributed by atoms with Gasteiger partial charge >= 0.3 is 0 Å². The summed E-state index contributed by atoms with van der Waals surface area (Å²) in [6, 6.07) is 4.74. The summed E-state index contributed by atoms with van der Waals surface area (Å²) in [7, 11) is 1.70. The molecule has 1 heterocycles. The topological polar surface area (TPSA) is 43.8 Å². The fourth-order valence-corrected chi connectivity index (χ4v) is 1.80. The van der Waals surface area contributed by atoms with Gasteiger partial charge in [0.2, 0.25) is 0 Å². The van der Waals surface area contributed by atoms with Gasteiger partial charge in [0.1, 0.15) is 11.6 Å². The van der Waals surface area contributed by atoms with Gasteiger partial charge in [0.15, 0.2) is 0 Å². The normalized spacial score (nSPS) is 10.8. The molecule has 2 aromatic rings. The second-order valence-corrected chi connectivity index (χ2v) is 4.10. The molecule has 0 aliphatic heterocycles. The minimum Gasteiger partial charge on any atom is -0.384 e. The predicted molar refractivity (Wildman–Crippen MR) is 62.8 cm³/mol. The minimum atomic E-state index is -0.317. The number of aryl methyl sites for hydroxylation is 2. The van der Waals surface area contributed by atoms with E-state index in [1.807, 2.05) is 0 Å². The van der Waals surface area contributed by atoms with Crippen molar-refractivity contribution in [2.45, 2.75) is 6.92 Å². The summed E-state index contributed by atoms with van der Waals surface area (Å²) in [5.41, 5.74) is 7.00. The van der Waals surface area contributed by atoms with Gasteiger partial charge in [-0.05, 0) is 24.6 Å². The van der Waals surface area contributed by atoms with Crippen molar-refractivity contribution < 1.29 is 4.39 Å². The Labute approximate surface area is 97.6 Å². The molecule has 0 unspecified atom stereocenters. The summed E-state index contributed by atoms with van der Waals surface area (Å²) in [6.07, 6.45) is 0. The number of aromatic nitrogens is 2. The zero-order chi connectivity index (χ0) is 11.9. The largest absolute Gasteiger partial charge is 0.384 e. The molecule has 5 heteroatoms. The van der Waals surface area contributed by atoms with Crippen molar-refractivity contribution >= 4 is 17.4 Å². The smallest absolute Gasteiger partial charge is 0.135 e. The van der Waals surface area contributed by atoms with Crippen LogP contribution < -0.4 is 5.73 Å². The molecule has 2 rings (SSSR count). The highest BCUT2D eigenvalue weighted by Gasteiger charge is 2.13. The van der Waals surface area contributed by atoms with E-state index in [9.17, 15) is 4.39 Å². The number of anilines is 1. The van der Waals surface area contributed by atoms with E-state index < -0.39 is 0 Å². The lowest BCUT2D eigenvalue weighted by Gasteiger charge is -2.03. The third-order valence-corrected chi connectivity index (χ3v) is 2.63. The molecule has 0 amide bonds. The molecule has 1 aromatic carbocycles. The van der Waals surface area contributed by atoms with Crippen LogP contribution in [0.4, 0.5) is 10.2 Å².